The molecule has 2 nitrogen and oxygen atoms in total. The average molecular weight is 365 g/mol. The van der Waals surface area contributed by atoms with Crippen molar-refractivity contribution in [2.24, 2.45) is 0 Å². The molecule has 0 bridgehead atoms. The monoisotopic (exact) mass is 365 g/mol. The van der Waals surface area contributed by atoms with Crippen molar-refractivity contribution < 1.29 is 13.9 Å². The lowest BCUT2D eigenvalue weighted by atomic mass is 10.3. The summed E-state index contributed by atoms with van der Waals surface area (Å²) in [5.41, 5.74) is 0. The maximum absolute atomic E-state index is 14.5. The van der Waals surface area contributed by atoms with Gasteiger partial charge in [-0.2, -0.15) is 0 Å². The Kier molecular flexibility index (Phi) is 5.87. The van der Waals surface area contributed by atoms with E-state index in [0.29, 0.717) is 0 Å². The van der Waals surface area contributed by atoms with Crippen molar-refractivity contribution in [3.63, 3.8) is 0 Å². The van der Waals surface area contributed by atoms with Gasteiger partial charge in [-0.15, -0.1) is 0 Å². The molecular formula is C22H18FO2S+. The van der Waals surface area contributed by atoms with Gasteiger partial charge in [0.1, 0.15) is 0 Å². The standard InChI is InChI=1S/C22H18FO2S/c1-2-9-22(24)25-21-15-14-19(16-20(21)23)26(17-10-5-3-6-11-17)18-12-7-4-8-13-18/h2-16H,1H3/q+1/b9-2+. The van der Waals surface area contributed by atoms with E-state index in [9.17, 15) is 9.18 Å². The molecular weight excluding hydrogens is 347 g/mol. The lowest BCUT2D eigenvalue weighted by molar-refractivity contribution is -0.129. The van der Waals surface area contributed by atoms with Gasteiger partial charge in [0.05, 0.1) is 10.9 Å². The number of ether oxygens (including phenoxy) is 1. The zero-order valence-electron chi connectivity index (χ0n) is 14.3. The summed E-state index contributed by atoms with van der Waals surface area (Å²) in [5.74, 6) is -1.21. The quantitative estimate of drug-likeness (QED) is 0.262. The molecule has 0 unspecified atom stereocenters. The van der Waals surface area contributed by atoms with Crippen molar-refractivity contribution >= 4 is 16.9 Å². The van der Waals surface area contributed by atoms with E-state index in [1.54, 1.807) is 13.0 Å². The van der Waals surface area contributed by atoms with Crippen LogP contribution in [-0.2, 0) is 15.7 Å². The molecule has 4 heteroatoms. The van der Waals surface area contributed by atoms with Crippen LogP contribution in [0.15, 0.2) is 106 Å². The topological polar surface area (TPSA) is 26.3 Å². The summed E-state index contributed by atoms with van der Waals surface area (Å²) in [6.45, 7) is 1.70. The van der Waals surface area contributed by atoms with E-state index in [1.807, 2.05) is 66.7 Å². The lowest BCUT2D eigenvalue weighted by Crippen LogP contribution is -2.08. The molecule has 0 atom stereocenters. The van der Waals surface area contributed by atoms with Gasteiger partial charge in [-0.3, -0.25) is 0 Å². The minimum Gasteiger partial charge on any atom is -0.420 e. The van der Waals surface area contributed by atoms with E-state index in [-0.39, 0.29) is 5.75 Å². The van der Waals surface area contributed by atoms with E-state index >= 15 is 0 Å². The van der Waals surface area contributed by atoms with Crippen molar-refractivity contribution in [3.8, 4) is 5.75 Å². The second-order valence-corrected chi connectivity index (χ2v) is 7.47. The van der Waals surface area contributed by atoms with Crippen LogP contribution in [-0.4, -0.2) is 5.97 Å². The Labute approximate surface area is 155 Å². The van der Waals surface area contributed by atoms with Crippen LogP contribution in [0.25, 0.3) is 0 Å². The third-order valence-electron chi connectivity index (χ3n) is 3.61. The predicted molar refractivity (Wildman–Crippen MR) is 102 cm³/mol. The highest BCUT2D eigenvalue weighted by molar-refractivity contribution is 7.97. The Morgan fingerprint density at radius 2 is 1.46 bits per heavy atom. The van der Waals surface area contributed by atoms with Crippen LogP contribution in [0.2, 0.25) is 0 Å². The molecule has 0 radical (unpaired) electrons. The molecule has 0 fully saturated rings. The summed E-state index contributed by atoms with van der Waals surface area (Å²) >= 11 is 0. The van der Waals surface area contributed by atoms with Crippen molar-refractivity contribution in [3.05, 3.63) is 96.8 Å². The van der Waals surface area contributed by atoms with Gasteiger partial charge in [-0.1, -0.05) is 42.5 Å². The van der Waals surface area contributed by atoms with Crippen molar-refractivity contribution in [1.82, 2.24) is 0 Å². The normalized spacial score (nSPS) is 11.0. The first-order chi connectivity index (χ1) is 12.7. The molecule has 0 saturated heterocycles. The van der Waals surface area contributed by atoms with Crippen LogP contribution in [0.3, 0.4) is 0 Å². The molecule has 26 heavy (non-hydrogen) atoms. The van der Waals surface area contributed by atoms with Gasteiger partial charge in [0, 0.05) is 12.1 Å². The Morgan fingerprint density at radius 3 is 1.96 bits per heavy atom. The number of allylic oxidation sites excluding steroid dienone is 1. The number of carbonyl (C=O) groups is 1. The maximum atomic E-state index is 14.5. The molecule has 0 aliphatic heterocycles. The molecule has 0 aliphatic rings. The van der Waals surface area contributed by atoms with Gasteiger partial charge in [-0.25, -0.2) is 9.18 Å². The number of hydrogen-bond donors (Lipinski definition) is 0. The Bertz CT molecular complexity index is 868. The second kappa shape index (κ2) is 8.50. The fraction of sp³-hybridized carbons (Fsp3) is 0.0455. The largest absolute Gasteiger partial charge is 0.420 e. The molecule has 0 spiro atoms. The van der Waals surface area contributed by atoms with Crippen molar-refractivity contribution in [2.75, 3.05) is 0 Å². The number of esters is 1. The Morgan fingerprint density at radius 1 is 0.885 bits per heavy atom. The molecule has 130 valence electrons. The van der Waals surface area contributed by atoms with Gasteiger partial charge in [0.2, 0.25) is 0 Å². The highest BCUT2D eigenvalue weighted by atomic mass is 32.2. The first-order valence-corrected chi connectivity index (χ1v) is 9.40. The lowest BCUT2D eigenvalue weighted by Gasteiger charge is -2.09. The maximum Gasteiger partial charge on any atom is 0.335 e. The van der Waals surface area contributed by atoms with Gasteiger partial charge in [-0.05, 0) is 43.3 Å². The summed E-state index contributed by atoms with van der Waals surface area (Å²) in [7, 11) is -0.444. The highest BCUT2D eigenvalue weighted by Crippen LogP contribution is 2.33. The van der Waals surface area contributed by atoms with Gasteiger partial charge in [0.15, 0.2) is 26.3 Å². The fourth-order valence-corrected chi connectivity index (χ4v) is 4.59. The zero-order chi connectivity index (χ0) is 18.4. The molecule has 3 rings (SSSR count). The smallest absolute Gasteiger partial charge is 0.335 e. The van der Waals surface area contributed by atoms with Gasteiger partial charge in [0.25, 0.3) is 0 Å². The van der Waals surface area contributed by atoms with Gasteiger partial charge >= 0.3 is 5.97 Å². The molecule has 0 heterocycles. The molecule has 0 saturated carbocycles. The van der Waals surface area contributed by atoms with E-state index in [0.717, 1.165) is 14.7 Å². The van der Waals surface area contributed by atoms with E-state index in [4.69, 9.17) is 4.74 Å². The summed E-state index contributed by atoms with van der Waals surface area (Å²) in [6, 6.07) is 24.7. The van der Waals surface area contributed by atoms with Crippen LogP contribution in [0.5, 0.6) is 5.75 Å². The second-order valence-electron chi connectivity index (χ2n) is 5.45. The van der Waals surface area contributed by atoms with Crippen LogP contribution >= 0.6 is 0 Å². The first-order valence-electron chi connectivity index (χ1n) is 8.17. The third kappa shape index (κ3) is 4.21. The molecule has 3 aromatic carbocycles. The van der Waals surface area contributed by atoms with E-state index in [2.05, 4.69) is 0 Å². The van der Waals surface area contributed by atoms with Crippen LogP contribution in [0.1, 0.15) is 6.92 Å². The molecule has 0 aliphatic carbocycles. The Hall–Kier alpha value is -2.85. The van der Waals surface area contributed by atoms with Crippen LogP contribution < -0.4 is 4.74 Å². The van der Waals surface area contributed by atoms with Gasteiger partial charge < -0.3 is 4.74 Å². The summed E-state index contributed by atoms with van der Waals surface area (Å²) in [4.78, 5) is 14.6. The molecule has 0 amide bonds. The first kappa shape index (κ1) is 18.0. The number of benzene rings is 3. The average Bonchev–Trinajstić information content (AvgIpc) is 2.66. The minimum absolute atomic E-state index is 0.0680. The number of hydrogen-bond acceptors (Lipinski definition) is 2. The number of carbonyl (C=O) groups excluding carboxylic acids is 1. The SMILES string of the molecule is C/C=C/C(=O)Oc1ccc([S+](c2ccccc2)c2ccccc2)cc1F. The van der Waals surface area contributed by atoms with Crippen LogP contribution in [0, 0.1) is 5.82 Å². The third-order valence-corrected chi connectivity index (χ3v) is 5.82. The summed E-state index contributed by atoms with van der Waals surface area (Å²) < 4.78 is 19.6. The summed E-state index contributed by atoms with van der Waals surface area (Å²) in [5, 5.41) is 0. The predicted octanol–water partition coefficient (Wildman–Crippen LogP) is 5.40. The highest BCUT2D eigenvalue weighted by Gasteiger charge is 2.29. The summed E-state index contributed by atoms with van der Waals surface area (Å²) in [6.07, 6.45) is 2.81. The van der Waals surface area contributed by atoms with E-state index < -0.39 is 22.7 Å². The molecule has 0 N–H and O–H groups in total. The van der Waals surface area contributed by atoms with Crippen molar-refractivity contribution in [1.29, 1.82) is 0 Å². The minimum atomic E-state index is -0.593. The molecule has 3 aromatic rings. The van der Waals surface area contributed by atoms with Crippen molar-refractivity contribution in [2.45, 2.75) is 21.6 Å². The van der Waals surface area contributed by atoms with Crippen LogP contribution in [0.4, 0.5) is 4.39 Å². The number of halogens is 1. The molecule has 0 aromatic heterocycles. The fourth-order valence-electron chi connectivity index (χ4n) is 2.49. The van der Waals surface area contributed by atoms with E-state index in [1.165, 1.54) is 18.2 Å². The Balaban J connectivity index is 2.00. The number of rotatable bonds is 5. The zero-order valence-corrected chi connectivity index (χ0v) is 15.1.